The average Bonchev–Trinajstić information content (AvgIpc) is 3.47. The predicted molar refractivity (Wildman–Crippen MR) is 175 cm³/mol. The van der Waals surface area contributed by atoms with E-state index in [1.165, 1.54) is 18.4 Å². The van der Waals surface area contributed by atoms with E-state index in [1.807, 2.05) is 48.7 Å². The summed E-state index contributed by atoms with van der Waals surface area (Å²) in [6.45, 7) is 2.81. The van der Waals surface area contributed by atoms with Crippen molar-refractivity contribution < 1.29 is 24.2 Å². The summed E-state index contributed by atoms with van der Waals surface area (Å²) in [6, 6.07) is 20.8. The predicted octanol–water partition coefficient (Wildman–Crippen LogP) is 3.58. The minimum Gasteiger partial charge on any atom is -0.497 e. The van der Waals surface area contributed by atoms with Crippen molar-refractivity contribution in [2.75, 3.05) is 27.7 Å². The summed E-state index contributed by atoms with van der Waals surface area (Å²) < 4.78 is 5.34. The molecule has 0 aliphatic rings. The first-order chi connectivity index (χ1) is 21.7. The lowest BCUT2D eigenvalue weighted by atomic mass is 10.00. The third-order valence-corrected chi connectivity index (χ3v) is 8.16. The van der Waals surface area contributed by atoms with Crippen molar-refractivity contribution in [1.82, 2.24) is 25.8 Å². The lowest BCUT2D eigenvalue weighted by molar-refractivity contribution is 0.0784. The number of thiazole rings is 1. The van der Waals surface area contributed by atoms with Crippen LogP contribution in [0.15, 0.2) is 78.2 Å². The molecule has 10 nitrogen and oxygen atoms in total. The monoisotopic (exact) mass is 629 g/mol. The molecule has 0 saturated carbocycles. The fourth-order valence-corrected chi connectivity index (χ4v) is 5.65. The standard InChI is InChI=1S/C34H39N5O5S/c1-22-21-45-31(37-22)20-39(3)34(43)26-12-8-11-25(16-26)33(42)38-29(15-23-9-6-5-7-10-23)30(40)19-36-18-24-13-27(32(41)35-2)17-28(14-24)44-4/h5-14,16-17,21,29-30,36,40H,15,18-20H2,1-4H3,(H,35,41)(H,38,42)/t29-,30+/m0/s1. The number of carbonyl (C=O) groups is 3. The Morgan fingerprint density at radius 1 is 0.956 bits per heavy atom. The van der Waals surface area contributed by atoms with E-state index in [-0.39, 0.29) is 18.4 Å². The van der Waals surface area contributed by atoms with Gasteiger partial charge in [0.2, 0.25) is 0 Å². The summed E-state index contributed by atoms with van der Waals surface area (Å²) in [5.41, 5.74) is 3.83. The molecule has 45 heavy (non-hydrogen) atoms. The van der Waals surface area contributed by atoms with Gasteiger partial charge in [-0.1, -0.05) is 36.4 Å². The van der Waals surface area contributed by atoms with Gasteiger partial charge in [0.1, 0.15) is 10.8 Å². The van der Waals surface area contributed by atoms with Crippen molar-refractivity contribution in [1.29, 1.82) is 0 Å². The van der Waals surface area contributed by atoms with Crippen LogP contribution in [0.4, 0.5) is 0 Å². The van der Waals surface area contributed by atoms with E-state index in [0.29, 0.717) is 42.0 Å². The number of hydrogen-bond acceptors (Lipinski definition) is 8. The molecule has 4 N–H and O–H groups in total. The maximum atomic E-state index is 13.5. The van der Waals surface area contributed by atoms with Crippen LogP contribution in [0.3, 0.4) is 0 Å². The van der Waals surface area contributed by atoms with Crippen molar-refractivity contribution >= 4 is 29.1 Å². The first-order valence-corrected chi connectivity index (χ1v) is 15.4. The van der Waals surface area contributed by atoms with Crippen LogP contribution in [0.5, 0.6) is 5.75 Å². The van der Waals surface area contributed by atoms with Crippen LogP contribution in [-0.4, -0.2) is 72.6 Å². The van der Waals surface area contributed by atoms with Gasteiger partial charge in [0.25, 0.3) is 17.7 Å². The highest BCUT2D eigenvalue weighted by Gasteiger charge is 2.23. The number of aliphatic hydroxyl groups excluding tert-OH is 1. The highest BCUT2D eigenvalue weighted by molar-refractivity contribution is 7.09. The maximum Gasteiger partial charge on any atom is 0.253 e. The topological polar surface area (TPSA) is 133 Å². The quantitative estimate of drug-likeness (QED) is 0.168. The minimum atomic E-state index is -0.948. The zero-order valence-corrected chi connectivity index (χ0v) is 26.7. The number of hydrogen-bond donors (Lipinski definition) is 4. The van der Waals surface area contributed by atoms with Gasteiger partial charge in [-0.05, 0) is 60.9 Å². The number of carbonyl (C=O) groups excluding carboxylic acids is 3. The Hall–Kier alpha value is -4.58. The fourth-order valence-electron chi connectivity index (χ4n) is 4.83. The normalized spacial score (nSPS) is 12.2. The van der Waals surface area contributed by atoms with Gasteiger partial charge >= 0.3 is 0 Å². The highest BCUT2D eigenvalue weighted by Crippen LogP contribution is 2.18. The van der Waals surface area contributed by atoms with Crippen LogP contribution >= 0.6 is 11.3 Å². The molecule has 11 heteroatoms. The zero-order valence-electron chi connectivity index (χ0n) is 25.9. The van der Waals surface area contributed by atoms with Gasteiger partial charge in [-0.15, -0.1) is 11.3 Å². The Labute approximate surface area is 267 Å². The number of nitrogens with zero attached hydrogens (tertiary/aromatic N) is 2. The molecule has 3 amide bonds. The second-order valence-corrected chi connectivity index (χ2v) is 11.7. The van der Waals surface area contributed by atoms with Gasteiger partial charge in [0.15, 0.2) is 0 Å². The number of aryl methyl sites for hydroxylation is 1. The summed E-state index contributed by atoms with van der Waals surface area (Å²) in [6.07, 6.45) is -0.555. The van der Waals surface area contributed by atoms with E-state index in [2.05, 4.69) is 20.9 Å². The lowest BCUT2D eigenvalue weighted by Crippen LogP contribution is -2.48. The number of aliphatic hydroxyl groups is 1. The van der Waals surface area contributed by atoms with E-state index < -0.39 is 18.1 Å². The summed E-state index contributed by atoms with van der Waals surface area (Å²) in [7, 11) is 4.80. The summed E-state index contributed by atoms with van der Waals surface area (Å²) in [5, 5.41) is 22.9. The largest absolute Gasteiger partial charge is 0.497 e. The van der Waals surface area contributed by atoms with Crippen LogP contribution in [0.2, 0.25) is 0 Å². The van der Waals surface area contributed by atoms with Gasteiger partial charge in [-0.2, -0.15) is 0 Å². The zero-order chi connectivity index (χ0) is 32.3. The highest BCUT2D eigenvalue weighted by atomic mass is 32.1. The van der Waals surface area contributed by atoms with Crippen LogP contribution in [0.25, 0.3) is 0 Å². The molecule has 0 radical (unpaired) electrons. The van der Waals surface area contributed by atoms with Gasteiger partial charge in [-0.3, -0.25) is 14.4 Å². The number of rotatable bonds is 14. The molecular formula is C34H39N5O5S. The van der Waals surface area contributed by atoms with Gasteiger partial charge < -0.3 is 30.7 Å². The third-order valence-electron chi connectivity index (χ3n) is 7.21. The molecule has 3 aromatic carbocycles. The molecule has 2 atom stereocenters. The molecule has 0 bridgehead atoms. The SMILES string of the molecule is CNC(=O)c1cc(CNC[C@@H](O)[C@H](Cc2ccccc2)NC(=O)c2cccc(C(=O)N(C)Cc3nc(C)cs3)c2)cc(OC)c1. The van der Waals surface area contributed by atoms with Crippen molar-refractivity contribution in [3.8, 4) is 5.75 Å². The molecule has 0 aliphatic heterocycles. The number of ether oxygens (including phenoxy) is 1. The summed E-state index contributed by atoms with van der Waals surface area (Å²) in [5.74, 6) is -0.300. The van der Waals surface area contributed by atoms with E-state index in [0.717, 1.165) is 21.8 Å². The number of methoxy groups -OCH3 is 1. The van der Waals surface area contributed by atoms with Gasteiger partial charge in [-0.25, -0.2) is 4.98 Å². The molecule has 0 aliphatic carbocycles. The van der Waals surface area contributed by atoms with Crippen LogP contribution in [0, 0.1) is 6.92 Å². The Bertz CT molecular complexity index is 1610. The van der Waals surface area contributed by atoms with E-state index >= 15 is 0 Å². The summed E-state index contributed by atoms with van der Waals surface area (Å²) in [4.78, 5) is 44.8. The smallest absolute Gasteiger partial charge is 0.253 e. The van der Waals surface area contributed by atoms with E-state index in [1.54, 1.807) is 55.4 Å². The Balaban J connectivity index is 1.44. The first-order valence-electron chi connectivity index (χ1n) is 14.6. The maximum absolute atomic E-state index is 13.5. The summed E-state index contributed by atoms with van der Waals surface area (Å²) >= 11 is 1.50. The molecule has 0 unspecified atom stereocenters. The molecule has 4 aromatic rings. The Morgan fingerprint density at radius 3 is 2.40 bits per heavy atom. The van der Waals surface area contributed by atoms with Crippen LogP contribution < -0.4 is 20.7 Å². The number of amides is 3. The van der Waals surface area contributed by atoms with Crippen molar-refractivity contribution in [2.45, 2.75) is 38.6 Å². The van der Waals surface area contributed by atoms with Crippen molar-refractivity contribution in [3.05, 3.63) is 117 Å². The molecule has 0 fully saturated rings. The van der Waals surface area contributed by atoms with E-state index in [9.17, 15) is 19.5 Å². The molecule has 1 heterocycles. The minimum absolute atomic E-state index is 0.170. The van der Waals surface area contributed by atoms with Crippen LogP contribution in [0.1, 0.15) is 52.9 Å². The molecule has 1 aromatic heterocycles. The first kappa shape index (κ1) is 33.3. The molecule has 0 saturated heterocycles. The van der Waals surface area contributed by atoms with Gasteiger partial charge in [0, 0.05) is 54.9 Å². The second kappa shape index (κ2) is 15.9. The Morgan fingerprint density at radius 2 is 1.71 bits per heavy atom. The molecule has 4 rings (SSSR count). The lowest BCUT2D eigenvalue weighted by Gasteiger charge is -2.25. The van der Waals surface area contributed by atoms with Crippen molar-refractivity contribution in [3.63, 3.8) is 0 Å². The number of aromatic nitrogens is 1. The molecule has 0 spiro atoms. The Kier molecular flexibility index (Phi) is 11.8. The van der Waals surface area contributed by atoms with Gasteiger partial charge in [0.05, 0.1) is 25.8 Å². The molecular weight excluding hydrogens is 590 g/mol. The number of nitrogens with one attached hydrogen (secondary N) is 3. The second-order valence-electron chi connectivity index (χ2n) is 10.7. The van der Waals surface area contributed by atoms with Crippen LogP contribution in [-0.2, 0) is 19.5 Å². The average molecular weight is 630 g/mol. The third kappa shape index (κ3) is 9.45. The number of benzene rings is 3. The molecule has 236 valence electrons. The van der Waals surface area contributed by atoms with Crippen molar-refractivity contribution in [2.24, 2.45) is 0 Å². The fraction of sp³-hybridized carbons (Fsp3) is 0.294. The van der Waals surface area contributed by atoms with E-state index in [4.69, 9.17) is 4.74 Å².